The summed E-state index contributed by atoms with van der Waals surface area (Å²) in [6.07, 6.45) is 1.06. The van der Waals surface area contributed by atoms with E-state index in [0.717, 1.165) is 29.4 Å². The van der Waals surface area contributed by atoms with E-state index in [1.54, 1.807) is 18.2 Å². The van der Waals surface area contributed by atoms with E-state index >= 15 is 0 Å². The Morgan fingerprint density at radius 3 is 2.43 bits per heavy atom. The average molecular weight is 447 g/mol. The van der Waals surface area contributed by atoms with E-state index in [9.17, 15) is 20.0 Å². The van der Waals surface area contributed by atoms with Crippen molar-refractivity contribution in [2.45, 2.75) is 13.8 Å². The number of nitrogens with zero attached hydrogens (tertiary/aromatic N) is 3. The van der Waals surface area contributed by atoms with Crippen LogP contribution in [0.3, 0.4) is 0 Å². The zero-order valence-corrected chi connectivity index (χ0v) is 17.4. The minimum Gasteiger partial charge on any atom is -0.502 e. The number of carbonyl (C=O) groups is 1. The molecule has 0 aliphatic heterocycles. The molecular weight excluding hydrogens is 431 g/mol. The SMILES string of the molecule is Cc1ccc(C)n1-c1ccc(C(=O)N/N=C/c2cc(Cl)cc([N+](=O)[O-])c2O)c(Cl)c1. The predicted molar refractivity (Wildman–Crippen MR) is 115 cm³/mol. The van der Waals surface area contributed by atoms with Gasteiger partial charge in [-0.1, -0.05) is 23.2 Å². The predicted octanol–water partition coefficient (Wildman–Crippen LogP) is 4.78. The fourth-order valence-electron chi connectivity index (χ4n) is 2.97. The van der Waals surface area contributed by atoms with Gasteiger partial charge in [0.2, 0.25) is 5.75 Å². The highest BCUT2D eigenvalue weighted by molar-refractivity contribution is 6.34. The molecule has 2 aromatic carbocycles. The Hall–Kier alpha value is -3.36. The summed E-state index contributed by atoms with van der Waals surface area (Å²) in [6, 6.07) is 11.3. The van der Waals surface area contributed by atoms with Gasteiger partial charge in [0.25, 0.3) is 5.91 Å². The van der Waals surface area contributed by atoms with Crippen LogP contribution in [0.25, 0.3) is 5.69 Å². The van der Waals surface area contributed by atoms with Gasteiger partial charge >= 0.3 is 5.69 Å². The molecule has 3 rings (SSSR count). The summed E-state index contributed by atoms with van der Waals surface area (Å²) < 4.78 is 2.00. The number of benzene rings is 2. The van der Waals surface area contributed by atoms with Gasteiger partial charge in [-0.15, -0.1) is 0 Å². The summed E-state index contributed by atoms with van der Waals surface area (Å²) in [5.41, 5.74) is 4.76. The molecule has 0 aliphatic carbocycles. The number of aromatic nitrogens is 1. The number of phenols is 1. The third-order valence-corrected chi connectivity index (χ3v) is 4.91. The van der Waals surface area contributed by atoms with Crippen LogP contribution in [-0.2, 0) is 0 Å². The summed E-state index contributed by atoms with van der Waals surface area (Å²) >= 11 is 12.1. The highest BCUT2D eigenvalue weighted by Crippen LogP contribution is 2.32. The number of nitro benzene ring substituents is 1. The molecule has 10 heteroatoms. The maximum Gasteiger partial charge on any atom is 0.312 e. The summed E-state index contributed by atoms with van der Waals surface area (Å²) in [6.45, 7) is 3.93. The zero-order valence-electron chi connectivity index (χ0n) is 15.9. The van der Waals surface area contributed by atoms with Crippen molar-refractivity contribution in [3.05, 3.63) is 85.1 Å². The van der Waals surface area contributed by atoms with Gasteiger partial charge in [-0.3, -0.25) is 14.9 Å². The highest BCUT2D eigenvalue weighted by Gasteiger charge is 2.18. The Labute approximate surface area is 181 Å². The monoisotopic (exact) mass is 446 g/mol. The normalized spacial score (nSPS) is 11.1. The van der Waals surface area contributed by atoms with E-state index in [0.29, 0.717) is 0 Å². The first kappa shape index (κ1) is 21.4. The maximum absolute atomic E-state index is 12.4. The molecule has 0 saturated carbocycles. The Morgan fingerprint density at radius 1 is 1.17 bits per heavy atom. The summed E-state index contributed by atoms with van der Waals surface area (Å²) in [7, 11) is 0. The molecule has 8 nitrogen and oxygen atoms in total. The molecule has 2 N–H and O–H groups in total. The summed E-state index contributed by atoms with van der Waals surface area (Å²) in [5.74, 6) is -1.19. The molecule has 30 heavy (non-hydrogen) atoms. The molecule has 3 aromatic rings. The van der Waals surface area contributed by atoms with E-state index in [1.165, 1.54) is 6.07 Å². The Morgan fingerprint density at radius 2 is 1.83 bits per heavy atom. The second kappa shape index (κ2) is 8.56. The molecule has 154 valence electrons. The van der Waals surface area contributed by atoms with Crippen molar-refractivity contribution in [3.63, 3.8) is 0 Å². The van der Waals surface area contributed by atoms with Gasteiger partial charge in [0.1, 0.15) is 0 Å². The van der Waals surface area contributed by atoms with Gasteiger partial charge in [0.05, 0.1) is 21.7 Å². The van der Waals surface area contributed by atoms with E-state index in [1.807, 2.05) is 30.5 Å². The van der Waals surface area contributed by atoms with Crippen molar-refractivity contribution in [3.8, 4) is 11.4 Å². The summed E-state index contributed by atoms with van der Waals surface area (Å²) in [5, 5.41) is 24.9. The topological polar surface area (TPSA) is 110 Å². The standard InChI is InChI=1S/C20H16Cl2N4O4/c1-11-3-4-12(2)25(11)15-5-6-16(17(22)9-15)20(28)24-23-10-13-7-14(21)8-18(19(13)27)26(29)30/h3-10,27H,1-2H3,(H,24,28)/b23-10+. The largest absolute Gasteiger partial charge is 0.502 e. The van der Waals surface area contributed by atoms with Crippen LogP contribution in [0.5, 0.6) is 5.75 Å². The number of carbonyl (C=O) groups excluding carboxylic acids is 1. The van der Waals surface area contributed by atoms with Crippen molar-refractivity contribution in [1.29, 1.82) is 0 Å². The molecule has 0 atom stereocenters. The number of phenolic OH excluding ortho intramolecular Hbond substituents is 1. The Balaban J connectivity index is 1.80. The number of rotatable bonds is 5. The second-order valence-electron chi connectivity index (χ2n) is 6.43. The summed E-state index contributed by atoms with van der Waals surface area (Å²) in [4.78, 5) is 22.6. The zero-order chi connectivity index (χ0) is 22.0. The molecule has 0 unspecified atom stereocenters. The fraction of sp³-hybridized carbons (Fsp3) is 0.100. The van der Waals surface area contributed by atoms with E-state index in [4.69, 9.17) is 23.2 Å². The van der Waals surface area contributed by atoms with E-state index in [-0.39, 0.29) is 21.2 Å². The quantitative estimate of drug-likeness (QED) is 0.333. The van der Waals surface area contributed by atoms with Crippen LogP contribution in [0.2, 0.25) is 10.0 Å². The Kier molecular flexibility index (Phi) is 6.09. The van der Waals surface area contributed by atoms with Gasteiger partial charge < -0.3 is 9.67 Å². The maximum atomic E-state index is 12.4. The van der Waals surface area contributed by atoms with Crippen LogP contribution in [0.15, 0.2) is 47.6 Å². The molecule has 0 radical (unpaired) electrons. The molecular formula is C20H16Cl2N4O4. The lowest BCUT2D eigenvalue weighted by atomic mass is 10.2. The number of nitrogens with one attached hydrogen (secondary N) is 1. The molecule has 0 fully saturated rings. The number of hydrogen-bond acceptors (Lipinski definition) is 5. The first-order valence-electron chi connectivity index (χ1n) is 8.64. The number of aryl methyl sites for hydroxylation is 2. The molecule has 0 spiro atoms. The third kappa shape index (κ3) is 4.29. The van der Waals surface area contributed by atoms with E-state index in [2.05, 4.69) is 10.5 Å². The van der Waals surface area contributed by atoms with Gasteiger partial charge in [-0.25, -0.2) is 5.43 Å². The van der Waals surface area contributed by atoms with Crippen LogP contribution >= 0.6 is 23.2 Å². The first-order chi connectivity index (χ1) is 14.2. The van der Waals surface area contributed by atoms with Crippen molar-refractivity contribution in [2.24, 2.45) is 5.10 Å². The van der Waals surface area contributed by atoms with Gasteiger partial charge in [0, 0.05) is 33.7 Å². The van der Waals surface area contributed by atoms with Crippen LogP contribution < -0.4 is 5.43 Å². The molecule has 1 heterocycles. The van der Waals surface area contributed by atoms with Crippen molar-refractivity contribution >= 4 is 41.0 Å². The van der Waals surface area contributed by atoms with Gasteiger partial charge in [-0.2, -0.15) is 5.10 Å². The lowest BCUT2D eigenvalue weighted by Crippen LogP contribution is -2.18. The van der Waals surface area contributed by atoms with Crippen LogP contribution in [0.4, 0.5) is 5.69 Å². The fourth-order valence-corrected chi connectivity index (χ4v) is 3.45. The number of aromatic hydroxyl groups is 1. The lowest BCUT2D eigenvalue weighted by molar-refractivity contribution is -0.385. The Bertz CT molecular complexity index is 1170. The highest BCUT2D eigenvalue weighted by atomic mass is 35.5. The van der Waals surface area contributed by atoms with Crippen molar-refractivity contribution in [2.75, 3.05) is 0 Å². The van der Waals surface area contributed by atoms with Crippen molar-refractivity contribution in [1.82, 2.24) is 9.99 Å². The molecule has 1 amide bonds. The first-order valence-corrected chi connectivity index (χ1v) is 9.40. The second-order valence-corrected chi connectivity index (χ2v) is 7.28. The minimum absolute atomic E-state index is 0.0190. The van der Waals surface area contributed by atoms with Gasteiger partial charge in [-0.05, 0) is 50.2 Å². The van der Waals surface area contributed by atoms with Crippen LogP contribution in [-0.4, -0.2) is 26.7 Å². The van der Waals surface area contributed by atoms with Crippen molar-refractivity contribution < 1.29 is 14.8 Å². The number of hydrazone groups is 1. The third-order valence-electron chi connectivity index (χ3n) is 4.38. The number of nitro groups is 1. The number of amides is 1. The lowest BCUT2D eigenvalue weighted by Gasteiger charge is -2.11. The van der Waals surface area contributed by atoms with E-state index < -0.39 is 22.3 Å². The molecule has 0 saturated heterocycles. The number of hydrogen-bond donors (Lipinski definition) is 2. The minimum atomic E-state index is -0.771. The molecule has 0 bridgehead atoms. The smallest absolute Gasteiger partial charge is 0.312 e. The average Bonchev–Trinajstić information content (AvgIpc) is 3.02. The van der Waals surface area contributed by atoms with Crippen LogP contribution in [0.1, 0.15) is 27.3 Å². The van der Waals surface area contributed by atoms with Crippen LogP contribution in [0, 0.1) is 24.0 Å². The molecule has 0 aliphatic rings. The molecule has 1 aromatic heterocycles. The number of halogens is 2. The van der Waals surface area contributed by atoms with Gasteiger partial charge in [0.15, 0.2) is 0 Å².